The highest BCUT2D eigenvalue weighted by molar-refractivity contribution is 5.12. The molecular formula is C28H50O. The van der Waals surface area contributed by atoms with Gasteiger partial charge >= 0.3 is 0 Å². The molecule has 168 valence electrons. The molecule has 4 fully saturated rings. The Kier molecular flexibility index (Phi) is 5.98. The zero-order valence-electron chi connectivity index (χ0n) is 20.5. The highest BCUT2D eigenvalue weighted by Gasteiger charge is 2.63. The number of aliphatic hydroxyl groups is 1. The average molecular weight is 403 g/mol. The Labute approximate surface area is 181 Å². The zero-order valence-corrected chi connectivity index (χ0v) is 20.5. The van der Waals surface area contributed by atoms with E-state index in [1.165, 1.54) is 64.2 Å². The molecule has 0 aromatic carbocycles. The second-order valence-electron chi connectivity index (χ2n) is 13.3. The summed E-state index contributed by atoms with van der Waals surface area (Å²) in [6.07, 6.45) is 16.4. The first-order valence-corrected chi connectivity index (χ1v) is 13.3. The third-order valence-corrected chi connectivity index (χ3v) is 11.5. The number of fused-ring (bicyclic) bond motifs is 5. The molecule has 1 nitrogen and oxygen atoms in total. The molecule has 0 bridgehead atoms. The van der Waals surface area contributed by atoms with Crippen molar-refractivity contribution in [2.24, 2.45) is 51.8 Å². The molecule has 29 heavy (non-hydrogen) atoms. The first-order valence-electron chi connectivity index (χ1n) is 13.3. The van der Waals surface area contributed by atoms with E-state index in [0.717, 1.165) is 48.3 Å². The quantitative estimate of drug-likeness (QED) is 0.496. The summed E-state index contributed by atoms with van der Waals surface area (Å²) in [4.78, 5) is 0. The number of hydrogen-bond donors (Lipinski definition) is 1. The molecule has 4 aliphatic carbocycles. The van der Waals surface area contributed by atoms with Gasteiger partial charge in [0.15, 0.2) is 0 Å². The van der Waals surface area contributed by atoms with Gasteiger partial charge in [0.25, 0.3) is 0 Å². The van der Waals surface area contributed by atoms with Crippen molar-refractivity contribution in [3.05, 3.63) is 0 Å². The van der Waals surface area contributed by atoms with E-state index in [2.05, 4.69) is 41.5 Å². The summed E-state index contributed by atoms with van der Waals surface area (Å²) >= 11 is 0. The van der Waals surface area contributed by atoms with E-state index in [-0.39, 0.29) is 6.10 Å². The molecule has 1 heteroatoms. The van der Waals surface area contributed by atoms with Crippen LogP contribution in [0.15, 0.2) is 0 Å². The van der Waals surface area contributed by atoms with Crippen molar-refractivity contribution in [3.63, 3.8) is 0 Å². The molecule has 0 spiro atoms. The van der Waals surface area contributed by atoms with E-state index in [1.54, 1.807) is 0 Å². The van der Waals surface area contributed by atoms with Crippen molar-refractivity contribution in [1.29, 1.82) is 0 Å². The number of rotatable bonds is 5. The fourth-order valence-corrected chi connectivity index (χ4v) is 9.63. The summed E-state index contributed by atoms with van der Waals surface area (Å²) in [5, 5.41) is 10.4. The lowest BCUT2D eigenvalue weighted by Gasteiger charge is -2.65. The van der Waals surface area contributed by atoms with Gasteiger partial charge in [-0.25, -0.2) is 0 Å². The molecule has 9 atom stereocenters. The lowest BCUT2D eigenvalue weighted by molar-refractivity contribution is -0.171. The largest absolute Gasteiger partial charge is 0.393 e. The average Bonchev–Trinajstić information content (AvgIpc) is 2.99. The van der Waals surface area contributed by atoms with Crippen LogP contribution in [0, 0.1) is 51.8 Å². The minimum atomic E-state index is -0.0407. The predicted octanol–water partition coefficient (Wildman–Crippen LogP) is 7.86. The zero-order chi connectivity index (χ0) is 21.0. The van der Waals surface area contributed by atoms with Crippen LogP contribution in [0.2, 0.25) is 0 Å². The van der Waals surface area contributed by atoms with Gasteiger partial charge in [0.1, 0.15) is 0 Å². The van der Waals surface area contributed by atoms with Crippen LogP contribution in [0.4, 0.5) is 0 Å². The topological polar surface area (TPSA) is 20.2 Å². The van der Waals surface area contributed by atoms with E-state index in [4.69, 9.17) is 0 Å². The molecule has 4 aliphatic rings. The normalized spacial score (nSPS) is 50.7. The Morgan fingerprint density at radius 1 is 0.828 bits per heavy atom. The SMILES string of the molecule is CC(C)CCC[C@@H](C)[C@H]1CC[C@H]2[C@@H]3CC[C@]4(C)CC(O)CC[C@]4(C)[C@H]3CC[C@]12C. The van der Waals surface area contributed by atoms with Crippen LogP contribution in [0.3, 0.4) is 0 Å². The molecule has 0 amide bonds. The maximum atomic E-state index is 10.4. The van der Waals surface area contributed by atoms with Gasteiger partial charge in [0.2, 0.25) is 0 Å². The molecule has 4 saturated carbocycles. The van der Waals surface area contributed by atoms with Crippen LogP contribution in [-0.4, -0.2) is 11.2 Å². The van der Waals surface area contributed by atoms with Gasteiger partial charge < -0.3 is 5.11 Å². The minimum Gasteiger partial charge on any atom is -0.393 e. The smallest absolute Gasteiger partial charge is 0.0545 e. The van der Waals surface area contributed by atoms with Gasteiger partial charge in [-0.1, -0.05) is 60.8 Å². The van der Waals surface area contributed by atoms with Crippen LogP contribution < -0.4 is 0 Å². The molecule has 0 saturated heterocycles. The molecule has 0 aromatic rings. The summed E-state index contributed by atoms with van der Waals surface area (Å²) in [7, 11) is 0. The Morgan fingerprint density at radius 3 is 2.31 bits per heavy atom. The van der Waals surface area contributed by atoms with Crippen molar-refractivity contribution in [2.75, 3.05) is 0 Å². The molecule has 0 radical (unpaired) electrons. The van der Waals surface area contributed by atoms with E-state index < -0.39 is 0 Å². The van der Waals surface area contributed by atoms with Gasteiger partial charge in [-0.05, 0) is 110 Å². The Balaban J connectivity index is 1.49. The molecule has 0 aliphatic heterocycles. The van der Waals surface area contributed by atoms with E-state index in [9.17, 15) is 5.11 Å². The van der Waals surface area contributed by atoms with Crippen molar-refractivity contribution in [1.82, 2.24) is 0 Å². The van der Waals surface area contributed by atoms with Gasteiger partial charge in [-0.2, -0.15) is 0 Å². The number of hydrogen-bond acceptors (Lipinski definition) is 1. The van der Waals surface area contributed by atoms with Gasteiger partial charge in [-0.3, -0.25) is 0 Å². The summed E-state index contributed by atoms with van der Waals surface area (Å²) in [6, 6.07) is 0. The van der Waals surface area contributed by atoms with Crippen molar-refractivity contribution >= 4 is 0 Å². The Bertz CT molecular complexity index is 583. The minimum absolute atomic E-state index is 0.0407. The van der Waals surface area contributed by atoms with Crippen LogP contribution in [0.1, 0.15) is 119 Å². The lowest BCUT2D eigenvalue weighted by Crippen LogP contribution is -2.58. The van der Waals surface area contributed by atoms with E-state index >= 15 is 0 Å². The van der Waals surface area contributed by atoms with Crippen molar-refractivity contribution in [2.45, 2.75) is 125 Å². The summed E-state index contributed by atoms with van der Waals surface area (Å²) in [5.41, 5.74) is 1.45. The summed E-state index contributed by atoms with van der Waals surface area (Å²) in [5.74, 6) is 5.60. The van der Waals surface area contributed by atoms with E-state index in [1.807, 2.05) is 0 Å². The maximum Gasteiger partial charge on any atom is 0.0545 e. The van der Waals surface area contributed by atoms with Crippen LogP contribution >= 0.6 is 0 Å². The predicted molar refractivity (Wildman–Crippen MR) is 124 cm³/mol. The molecular weight excluding hydrogens is 352 g/mol. The fraction of sp³-hybridized carbons (Fsp3) is 1.00. The highest BCUT2D eigenvalue weighted by atomic mass is 16.3. The summed E-state index contributed by atoms with van der Waals surface area (Å²) < 4.78 is 0. The first kappa shape index (κ1) is 22.2. The van der Waals surface area contributed by atoms with Crippen molar-refractivity contribution < 1.29 is 5.11 Å². The molecule has 1 N–H and O–H groups in total. The highest BCUT2D eigenvalue weighted by Crippen LogP contribution is 2.71. The molecule has 0 heterocycles. The molecule has 4 rings (SSSR count). The van der Waals surface area contributed by atoms with Crippen LogP contribution in [0.5, 0.6) is 0 Å². The lowest BCUT2D eigenvalue weighted by atomic mass is 9.40. The second-order valence-corrected chi connectivity index (χ2v) is 13.3. The van der Waals surface area contributed by atoms with Crippen LogP contribution in [0.25, 0.3) is 0 Å². The van der Waals surface area contributed by atoms with E-state index in [0.29, 0.717) is 16.2 Å². The van der Waals surface area contributed by atoms with Crippen LogP contribution in [-0.2, 0) is 0 Å². The fourth-order valence-electron chi connectivity index (χ4n) is 9.63. The maximum absolute atomic E-state index is 10.4. The van der Waals surface area contributed by atoms with Crippen molar-refractivity contribution in [3.8, 4) is 0 Å². The molecule has 1 unspecified atom stereocenters. The third kappa shape index (κ3) is 3.54. The Morgan fingerprint density at radius 2 is 1.59 bits per heavy atom. The van der Waals surface area contributed by atoms with Gasteiger partial charge in [0, 0.05) is 0 Å². The standard InChI is InChI=1S/C28H50O/c1-19(2)8-7-9-20(3)23-10-11-24-22-13-15-26(4)18-21(29)12-17-28(26,6)25(22)14-16-27(23,24)5/h19-25,29H,7-18H2,1-6H3/t20-,21?,22+,23-,24+,25+,26-,27-,28-/m1/s1. The first-order chi connectivity index (χ1) is 13.6. The third-order valence-electron chi connectivity index (χ3n) is 11.5. The number of aliphatic hydroxyl groups excluding tert-OH is 1. The molecule has 0 aromatic heterocycles. The van der Waals surface area contributed by atoms with Gasteiger partial charge in [-0.15, -0.1) is 0 Å². The summed E-state index contributed by atoms with van der Waals surface area (Å²) in [6.45, 7) is 15.2. The second kappa shape index (κ2) is 7.83. The Hall–Kier alpha value is -0.0400. The monoisotopic (exact) mass is 402 g/mol. The van der Waals surface area contributed by atoms with Gasteiger partial charge in [0.05, 0.1) is 6.10 Å².